The Balaban J connectivity index is 1.30. The maximum atomic E-state index is 12.8. The number of aryl methyl sites for hydroxylation is 1. The fourth-order valence-electron chi connectivity index (χ4n) is 4.19. The summed E-state index contributed by atoms with van der Waals surface area (Å²) in [6.45, 7) is 6.51. The van der Waals surface area contributed by atoms with Gasteiger partial charge in [-0.05, 0) is 43.3 Å². The number of imidazole rings is 1. The van der Waals surface area contributed by atoms with Crippen molar-refractivity contribution in [3.05, 3.63) is 64.8 Å². The normalized spacial score (nSPS) is 14.0. The van der Waals surface area contributed by atoms with E-state index in [4.69, 9.17) is 14.9 Å². The molecule has 3 aromatic heterocycles. The topological polar surface area (TPSA) is 133 Å². The Kier molecular flexibility index (Phi) is 7.42. The number of aromatic nitrogens is 3. The van der Waals surface area contributed by atoms with Crippen LogP contribution in [0.25, 0.3) is 17.0 Å². The molecule has 11 nitrogen and oxygen atoms in total. The van der Waals surface area contributed by atoms with Crippen molar-refractivity contribution in [2.24, 2.45) is 0 Å². The van der Waals surface area contributed by atoms with Crippen molar-refractivity contribution in [1.29, 1.82) is 0 Å². The molecule has 1 saturated heterocycles. The van der Waals surface area contributed by atoms with E-state index in [1.807, 2.05) is 22.8 Å². The maximum Gasteiger partial charge on any atom is 0.274 e. The standard InChI is InChI=1S/C25H27N7O4S/c1-16-22(20-15-37-25(29-20)28-19-5-2-17(3-6-19)24(34)30-35)32-14-18(4-7-21(32)27-16)23(33)26-8-9-31-10-12-36-13-11-31/h2-7,14-15,35H,8-13H2,1H3,(H,26,33)(H,28,29)(H,30,34). The monoisotopic (exact) mass is 521 g/mol. The Morgan fingerprint density at radius 3 is 2.57 bits per heavy atom. The molecule has 2 amide bonds. The van der Waals surface area contributed by atoms with Crippen LogP contribution in [0, 0.1) is 6.92 Å². The smallest absolute Gasteiger partial charge is 0.274 e. The van der Waals surface area contributed by atoms with Gasteiger partial charge in [-0.15, -0.1) is 11.3 Å². The number of ether oxygens (including phenoxy) is 1. The average Bonchev–Trinajstić information content (AvgIpc) is 3.51. The largest absolute Gasteiger partial charge is 0.379 e. The van der Waals surface area contributed by atoms with Gasteiger partial charge in [-0.3, -0.25) is 24.1 Å². The van der Waals surface area contributed by atoms with Crippen LogP contribution >= 0.6 is 11.3 Å². The zero-order valence-corrected chi connectivity index (χ0v) is 21.0. The summed E-state index contributed by atoms with van der Waals surface area (Å²) in [6, 6.07) is 10.3. The number of rotatable bonds is 8. The number of amides is 2. The van der Waals surface area contributed by atoms with Crippen molar-refractivity contribution < 1.29 is 19.5 Å². The summed E-state index contributed by atoms with van der Waals surface area (Å²) >= 11 is 1.43. The van der Waals surface area contributed by atoms with E-state index < -0.39 is 5.91 Å². The van der Waals surface area contributed by atoms with Crippen LogP contribution in [0.4, 0.5) is 10.8 Å². The Morgan fingerprint density at radius 2 is 1.81 bits per heavy atom. The van der Waals surface area contributed by atoms with Crippen LogP contribution in [0.1, 0.15) is 26.4 Å². The number of morpholine rings is 1. The number of fused-ring (bicyclic) bond motifs is 1. The van der Waals surface area contributed by atoms with Crippen LogP contribution in [0.2, 0.25) is 0 Å². The highest BCUT2D eigenvalue weighted by Gasteiger charge is 2.17. The van der Waals surface area contributed by atoms with Crippen LogP contribution in [-0.4, -0.2) is 75.7 Å². The number of hydrogen-bond donors (Lipinski definition) is 4. The molecule has 0 radical (unpaired) electrons. The van der Waals surface area contributed by atoms with Crippen molar-refractivity contribution in [3.63, 3.8) is 0 Å². The van der Waals surface area contributed by atoms with Crippen LogP contribution < -0.4 is 16.1 Å². The molecule has 4 heterocycles. The first kappa shape index (κ1) is 24.8. The molecule has 1 aliphatic heterocycles. The summed E-state index contributed by atoms with van der Waals surface area (Å²) in [5, 5.41) is 17.6. The third-order valence-electron chi connectivity index (χ3n) is 6.12. The summed E-state index contributed by atoms with van der Waals surface area (Å²) in [5.74, 6) is -0.706. The van der Waals surface area contributed by atoms with Crippen molar-refractivity contribution in [2.75, 3.05) is 44.7 Å². The van der Waals surface area contributed by atoms with Gasteiger partial charge in [-0.2, -0.15) is 0 Å². The van der Waals surface area contributed by atoms with Crippen molar-refractivity contribution >= 4 is 39.6 Å². The Hall–Kier alpha value is -3.84. The summed E-state index contributed by atoms with van der Waals surface area (Å²) < 4.78 is 7.26. The van der Waals surface area contributed by atoms with Crippen molar-refractivity contribution in [1.82, 2.24) is 30.1 Å². The SMILES string of the molecule is Cc1nc2ccc(C(=O)NCCN3CCOCC3)cn2c1-c1csc(Nc2ccc(C(=O)NO)cc2)n1. The molecular formula is C25H27N7O4S. The fourth-order valence-corrected chi connectivity index (χ4v) is 4.91. The Bertz CT molecular complexity index is 1410. The van der Waals surface area contributed by atoms with Gasteiger partial charge in [0, 0.05) is 49.0 Å². The van der Waals surface area contributed by atoms with Gasteiger partial charge in [0.15, 0.2) is 5.13 Å². The quantitative estimate of drug-likeness (QED) is 0.206. The molecular weight excluding hydrogens is 494 g/mol. The second-order valence-corrected chi connectivity index (χ2v) is 9.44. The van der Waals surface area contributed by atoms with E-state index in [1.165, 1.54) is 11.3 Å². The highest BCUT2D eigenvalue weighted by Crippen LogP contribution is 2.30. The van der Waals surface area contributed by atoms with E-state index in [0.29, 0.717) is 22.8 Å². The van der Waals surface area contributed by atoms with Gasteiger partial charge in [0.25, 0.3) is 11.8 Å². The molecule has 4 N–H and O–H groups in total. The second kappa shape index (κ2) is 11.0. The molecule has 1 aliphatic rings. The Morgan fingerprint density at radius 1 is 1.05 bits per heavy atom. The van der Waals surface area contributed by atoms with Gasteiger partial charge < -0.3 is 15.4 Å². The van der Waals surface area contributed by atoms with Gasteiger partial charge in [0.05, 0.1) is 30.2 Å². The van der Waals surface area contributed by atoms with Crippen molar-refractivity contribution in [2.45, 2.75) is 6.92 Å². The predicted molar refractivity (Wildman–Crippen MR) is 140 cm³/mol. The number of thiazole rings is 1. The predicted octanol–water partition coefficient (Wildman–Crippen LogP) is 2.69. The number of pyridine rings is 1. The molecule has 37 heavy (non-hydrogen) atoms. The summed E-state index contributed by atoms with van der Waals surface area (Å²) in [7, 11) is 0. The zero-order chi connectivity index (χ0) is 25.8. The van der Waals surface area contributed by atoms with E-state index >= 15 is 0 Å². The molecule has 1 aromatic carbocycles. The molecule has 1 fully saturated rings. The zero-order valence-electron chi connectivity index (χ0n) is 20.2. The number of carbonyl (C=O) groups excluding carboxylic acids is 2. The first-order chi connectivity index (χ1) is 18.0. The number of hydrogen-bond acceptors (Lipinski definition) is 9. The van der Waals surface area contributed by atoms with E-state index in [0.717, 1.165) is 61.3 Å². The highest BCUT2D eigenvalue weighted by molar-refractivity contribution is 7.14. The van der Waals surface area contributed by atoms with Gasteiger partial charge >= 0.3 is 0 Å². The summed E-state index contributed by atoms with van der Waals surface area (Å²) in [5.41, 5.74) is 6.35. The average molecular weight is 522 g/mol. The Labute approximate surface area is 217 Å². The van der Waals surface area contributed by atoms with Crippen LogP contribution in [0.3, 0.4) is 0 Å². The lowest BCUT2D eigenvalue weighted by Crippen LogP contribution is -2.41. The van der Waals surface area contributed by atoms with Crippen molar-refractivity contribution in [3.8, 4) is 11.4 Å². The molecule has 4 aromatic rings. The molecule has 192 valence electrons. The lowest BCUT2D eigenvalue weighted by atomic mass is 10.2. The number of benzene rings is 1. The molecule has 0 saturated carbocycles. The number of nitrogens with zero attached hydrogens (tertiary/aromatic N) is 4. The lowest BCUT2D eigenvalue weighted by molar-refractivity contribution is 0.0383. The second-order valence-electron chi connectivity index (χ2n) is 8.58. The number of hydroxylamine groups is 1. The number of nitrogens with one attached hydrogen (secondary N) is 3. The van der Waals surface area contributed by atoms with E-state index in [1.54, 1.807) is 42.0 Å². The molecule has 0 atom stereocenters. The van der Waals surface area contributed by atoms with Crippen LogP contribution in [-0.2, 0) is 4.74 Å². The van der Waals surface area contributed by atoms with Crippen LogP contribution in [0.5, 0.6) is 0 Å². The third-order valence-corrected chi connectivity index (χ3v) is 6.88. The fraction of sp³-hybridized carbons (Fsp3) is 0.280. The van der Waals surface area contributed by atoms with Gasteiger partial charge in [0.2, 0.25) is 0 Å². The first-order valence-electron chi connectivity index (χ1n) is 11.9. The molecule has 5 rings (SSSR count). The maximum absolute atomic E-state index is 12.8. The molecule has 0 bridgehead atoms. The van der Waals surface area contributed by atoms with Gasteiger partial charge in [0.1, 0.15) is 11.3 Å². The highest BCUT2D eigenvalue weighted by atomic mass is 32.1. The minimum absolute atomic E-state index is 0.133. The number of anilines is 2. The van der Waals surface area contributed by atoms with Crippen LogP contribution in [0.15, 0.2) is 48.0 Å². The molecule has 0 aliphatic carbocycles. The number of carbonyl (C=O) groups is 2. The molecule has 12 heteroatoms. The van der Waals surface area contributed by atoms with Gasteiger partial charge in [-0.1, -0.05) is 0 Å². The van der Waals surface area contributed by atoms with E-state index in [-0.39, 0.29) is 5.91 Å². The van der Waals surface area contributed by atoms with E-state index in [2.05, 4.69) is 20.5 Å². The first-order valence-corrected chi connectivity index (χ1v) is 12.7. The minimum Gasteiger partial charge on any atom is -0.379 e. The van der Waals surface area contributed by atoms with E-state index in [9.17, 15) is 9.59 Å². The third kappa shape index (κ3) is 5.62. The summed E-state index contributed by atoms with van der Waals surface area (Å²) in [4.78, 5) is 36.0. The molecule has 0 spiro atoms. The lowest BCUT2D eigenvalue weighted by Gasteiger charge is -2.26. The van der Waals surface area contributed by atoms with Gasteiger partial charge in [-0.25, -0.2) is 15.4 Å². The summed E-state index contributed by atoms with van der Waals surface area (Å²) in [6.07, 6.45) is 1.80. The molecule has 0 unspecified atom stereocenters. The minimum atomic E-state index is -0.573.